The molecule has 0 saturated heterocycles. The Kier molecular flexibility index (Phi) is 3.48. The smallest absolute Gasteiger partial charge is 0.177 e. The molecule has 3 rings (SSSR count). The second-order valence-electron chi connectivity index (χ2n) is 4.72. The minimum absolute atomic E-state index is 0.127. The first kappa shape index (κ1) is 12.8. The summed E-state index contributed by atoms with van der Waals surface area (Å²) in [5.74, 6) is 0. The monoisotopic (exact) mass is 267 g/mol. The Hall–Kier alpha value is -2.20. The highest BCUT2D eigenvalue weighted by molar-refractivity contribution is 5.77. The lowest BCUT2D eigenvalue weighted by molar-refractivity contribution is 0.0764. The van der Waals surface area contributed by atoms with Gasteiger partial charge in [-0.05, 0) is 31.0 Å². The largest absolute Gasteiger partial charge is 0.374 e. The second-order valence-corrected chi connectivity index (χ2v) is 4.72. The third-order valence-electron chi connectivity index (χ3n) is 3.40. The molecule has 2 heterocycles. The minimum Gasteiger partial charge on any atom is -0.374 e. The number of imidazole rings is 1. The molecule has 0 aliphatic rings. The van der Waals surface area contributed by atoms with Gasteiger partial charge in [0.2, 0.25) is 0 Å². The number of ether oxygens (including phenoxy) is 1. The molecule has 0 bridgehead atoms. The number of rotatable bonds is 4. The van der Waals surface area contributed by atoms with Crippen molar-refractivity contribution in [3.63, 3.8) is 0 Å². The Bertz CT molecular complexity index is 703. The molecule has 4 nitrogen and oxygen atoms in total. The molecule has 2 aromatic heterocycles. The number of nitrogens with one attached hydrogen (secondary N) is 1. The molecule has 0 amide bonds. The predicted octanol–water partition coefficient (Wildman–Crippen LogP) is 3.72. The standard InChI is InChI=1S/C16H17N3O/c1-3-20-11(2)12-4-6-13(7-5-12)14-8-15-16(17-9-14)19-10-18-15/h4-11H,3H2,1-2H3,(H,17,18,19)/t11-/m0/s1. The van der Waals surface area contributed by atoms with Crippen molar-refractivity contribution < 1.29 is 4.74 Å². The zero-order valence-electron chi connectivity index (χ0n) is 11.6. The molecule has 1 atom stereocenters. The van der Waals surface area contributed by atoms with Crippen molar-refractivity contribution in [2.24, 2.45) is 0 Å². The Morgan fingerprint density at radius 1 is 1.15 bits per heavy atom. The highest BCUT2D eigenvalue weighted by Gasteiger charge is 2.06. The molecule has 0 aliphatic heterocycles. The van der Waals surface area contributed by atoms with Crippen molar-refractivity contribution in [3.8, 4) is 11.1 Å². The number of benzene rings is 1. The fraction of sp³-hybridized carbons (Fsp3) is 0.250. The molecule has 1 N–H and O–H groups in total. The van der Waals surface area contributed by atoms with Crippen LogP contribution in [0.4, 0.5) is 0 Å². The van der Waals surface area contributed by atoms with Crippen molar-refractivity contribution in [1.82, 2.24) is 15.0 Å². The van der Waals surface area contributed by atoms with E-state index in [0.29, 0.717) is 0 Å². The van der Waals surface area contributed by atoms with E-state index < -0.39 is 0 Å². The number of H-pyrrole nitrogens is 1. The lowest BCUT2D eigenvalue weighted by Crippen LogP contribution is -1.98. The number of aromatic amines is 1. The quantitative estimate of drug-likeness (QED) is 0.783. The maximum Gasteiger partial charge on any atom is 0.177 e. The molecule has 3 aromatic rings. The van der Waals surface area contributed by atoms with Gasteiger partial charge >= 0.3 is 0 Å². The van der Waals surface area contributed by atoms with Crippen LogP contribution in [0.1, 0.15) is 25.5 Å². The Morgan fingerprint density at radius 2 is 1.95 bits per heavy atom. The fourth-order valence-corrected chi connectivity index (χ4v) is 2.28. The van der Waals surface area contributed by atoms with Gasteiger partial charge in [-0.25, -0.2) is 9.97 Å². The van der Waals surface area contributed by atoms with Gasteiger partial charge in [-0.3, -0.25) is 0 Å². The molecule has 20 heavy (non-hydrogen) atoms. The summed E-state index contributed by atoms with van der Waals surface area (Å²) in [6.45, 7) is 4.80. The Balaban J connectivity index is 1.90. The number of nitrogens with zero attached hydrogens (tertiary/aromatic N) is 2. The van der Waals surface area contributed by atoms with Crippen LogP contribution in [0.15, 0.2) is 42.9 Å². The first-order valence-corrected chi connectivity index (χ1v) is 6.79. The summed E-state index contributed by atoms with van der Waals surface area (Å²) in [7, 11) is 0. The van der Waals surface area contributed by atoms with E-state index in [1.807, 2.05) is 13.1 Å². The van der Waals surface area contributed by atoms with E-state index in [1.165, 1.54) is 5.56 Å². The van der Waals surface area contributed by atoms with Gasteiger partial charge in [0.25, 0.3) is 0 Å². The molecule has 1 aromatic carbocycles. The summed E-state index contributed by atoms with van der Waals surface area (Å²) < 4.78 is 5.60. The summed E-state index contributed by atoms with van der Waals surface area (Å²) in [5, 5.41) is 0. The summed E-state index contributed by atoms with van der Waals surface area (Å²) in [6.07, 6.45) is 3.64. The molecule has 0 saturated carbocycles. The van der Waals surface area contributed by atoms with Crippen molar-refractivity contribution in [3.05, 3.63) is 48.4 Å². The van der Waals surface area contributed by atoms with Gasteiger partial charge in [-0.1, -0.05) is 24.3 Å². The summed E-state index contributed by atoms with van der Waals surface area (Å²) >= 11 is 0. The third-order valence-corrected chi connectivity index (χ3v) is 3.40. The molecule has 0 spiro atoms. The van der Waals surface area contributed by atoms with Crippen LogP contribution in [0.2, 0.25) is 0 Å². The van der Waals surface area contributed by atoms with Gasteiger partial charge in [0.05, 0.1) is 17.9 Å². The van der Waals surface area contributed by atoms with Crippen LogP contribution in [0.25, 0.3) is 22.3 Å². The number of pyridine rings is 1. The van der Waals surface area contributed by atoms with Gasteiger partial charge in [-0.2, -0.15) is 0 Å². The maximum atomic E-state index is 5.60. The highest BCUT2D eigenvalue weighted by atomic mass is 16.5. The van der Waals surface area contributed by atoms with Crippen molar-refractivity contribution in [2.45, 2.75) is 20.0 Å². The van der Waals surface area contributed by atoms with Crippen LogP contribution >= 0.6 is 0 Å². The van der Waals surface area contributed by atoms with Crippen LogP contribution in [-0.2, 0) is 4.74 Å². The van der Waals surface area contributed by atoms with E-state index in [0.717, 1.165) is 28.9 Å². The van der Waals surface area contributed by atoms with Crippen LogP contribution in [-0.4, -0.2) is 21.6 Å². The lowest BCUT2D eigenvalue weighted by Gasteiger charge is -2.12. The van der Waals surface area contributed by atoms with E-state index in [9.17, 15) is 0 Å². The molecular formula is C16H17N3O. The molecule has 0 unspecified atom stereocenters. The minimum atomic E-state index is 0.127. The van der Waals surface area contributed by atoms with E-state index in [4.69, 9.17) is 4.74 Å². The highest BCUT2D eigenvalue weighted by Crippen LogP contribution is 2.24. The molecule has 4 heteroatoms. The van der Waals surface area contributed by atoms with Gasteiger partial charge in [-0.15, -0.1) is 0 Å². The van der Waals surface area contributed by atoms with Crippen molar-refractivity contribution in [2.75, 3.05) is 6.61 Å². The third kappa shape index (κ3) is 2.42. The van der Waals surface area contributed by atoms with Gasteiger partial charge in [0.15, 0.2) is 5.65 Å². The normalized spacial score (nSPS) is 12.7. The van der Waals surface area contributed by atoms with E-state index >= 15 is 0 Å². The predicted molar refractivity (Wildman–Crippen MR) is 79.4 cm³/mol. The fourth-order valence-electron chi connectivity index (χ4n) is 2.28. The molecule has 0 aliphatic carbocycles. The van der Waals surface area contributed by atoms with Crippen LogP contribution < -0.4 is 0 Å². The number of fused-ring (bicyclic) bond motifs is 1. The summed E-state index contributed by atoms with van der Waals surface area (Å²) in [6, 6.07) is 10.5. The zero-order chi connectivity index (χ0) is 13.9. The maximum absolute atomic E-state index is 5.60. The molecule has 0 radical (unpaired) electrons. The number of hydrogen-bond acceptors (Lipinski definition) is 3. The van der Waals surface area contributed by atoms with Gasteiger partial charge in [0.1, 0.15) is 0 Å². The average molecular weight is 267 g/mol. The number of hydrogen-bond donors (Lipinski definition) is 1. The van der Waals surface area contributed by atoms with E-state index in [1.54, 1.807) is 6.33 Å². The first-order chi connectivity index (χ1) is 9.78. The average Bonchev–Trinajstić information content (AvgIpc) is 2.95. The SMILES string of the molecule is CCO[C@@H](C)c1ccc(-c2cnc3nc[nH]c3c2)cc1. The Morgan fingerprint density at radius 3 is 2.70 bits per heavy atom. The van der Waals surface area contributed by atoms with Crippen molar-refractivity contribution >= 4 is 11.2 Å². The van der Waals surface area contributed by atoms with Crippen LogP contribution in [0, 0.1) is 0 Å². The molecule has 102 valence electrons. The van der Waals surface area contributed by atoms with E-state index in [-0.39, 0.29) is 6.10 Å². The number of aromatic nitrogens is 3. The topological polar surface area (TPSA) is 50.8 Å². The lowest BCUT2D eigenvalue weighted by atomic mass is 10.0. The first-order valence-electron chi connectivity index (χ1n) is 6.79. The van der Waals surface area contributed by atoms with Crippen LogP contribution in [0.5, 0.6) is 0 Å². The zero-order valence-corrected chi connectivity index (χ0v) is 11.6. The van der Waals surface area contributed by atoms with E-state index in [2.05, 4.69) is 52.2 Å². The van der Waals surface area contributed by atoms with Crippen LogP contribution in [0.3, 0.4) is 0 Å². The second kappa shape index (κ2) is 5.43. The molecule has 0 fully saturated rings. The summed E-state index contributed by atoms with van der Waals surface area (Å²) in [5.41, 5.74) is 5.11. The summed E-state index contributed by atoms with van der Waals surface area (Å²) in [4.78, 5) is 11.5. The van der Waals surface area contributed by atoms with Gasteiger partial charge in [0, 0.05) is 18.4 Å². The Labute approximate surface area is 117 Å². The molecular weight excluding hydrogens is 250 g/mol. The van der Waals surface area contributed by atoms with Gasteiger partial charge < -0.3 is 9.72 Å². The van der Waals surface area contributed by atoms with Crippen molar-refractivity contribution in [1.29, 1.82) is 0 Å².